The van der Waals surface area contributed by atoms with Gasteiger partial charge < -0.3 is 10.2 Å². The minimum absolute atomic E-state index is 0. The van der Waals surface area contributed by atoms with Gasteiger partial charge in [-0.05, 0) is 62.7 Å². The summed E-state index contributed by atoms with van der Waals surface area (Å²) in [5.41, 5.74) is 1.35. The van der Waals surface area contributed by atoms with Crippen molar-refractivity contribution in [2.24, 2.45) is 17.8 Å². The third-order valence-corrected chi connectivity index (χ3v) is 6.43. The first kappa shape index (κ1) is 22.5. The first-order valence-corrected chi connectivity index (χ1v) is 10.1. The number of nitrogens with zero attached hydrogens (tertiary/aromatic N) is 2. The van der Waals surface area contributed by atoms with Crippen LogP contribution in [-0.4, -0.2) is 55.0 Å². The molecule has 3 atom stereocenters. The second-order valence-corrected chi connectivity index (χ2v) is 8.14. The smallest absolute Gasteiger partial charge is 0.226 e. The van der Waals surface area contributed by atoms with Gasteiger partial charge in [0.1, 0.15) is 0 Å². The number of nitrogens with one attached hydrogen (secondary N) is 1. The van der Waals surface area contributed by atoms with E-state index in [0.29, 0.717) is 5.91 Å². The number of hydrogen-bond donors (Lipinski definition) is 1. The van der Waals surface area contributed by atoms with Crippen molar-refractivity contribution in [1.82, 2.24) is 15.1 Å². The number of likely N-dealkylation sites (tertiary alicyclic amines) is 2. The Morgan fingerprint density at radius 2 is 1.63 bits per heavy atom. The molecule has 0 spiro atoms. The summed E-state index contributed by atoms with van der Waals surface area (Å²) in [5, 5.41) is 3.52. The molecule has 1 amide bonds. The van der Waals surface area contributed by atoms with Crippen LogP contribution in [0.3, 0.4) is 0 Å². The van der Waals surface area contributed by atoms with Crippen molar-refractivity contribution in [3.8, 4) is 0 Å². The van der Waals surface area contributed by atoms with E-state index in [-0.39, 0.29) is 30.7 Å². The molecule has 3 aliphatic heterocycles. The average molecular weight is 414 g/mol. The first-order valence-electron chi connectivity index (χ1n) is 10.1. The zero-order valence-corrected chi connectivity index (χ0v) is 17.6. The summed E-state index contributed by atoms with van der Waals surface area (Å²) >= 11 is 0. The van der Waals surface area contributed by atoms with E-state index in [4.69, 9.17) is 0 Å². The Labute approximate surface area is 175 Å². The first-order chi connectivity index (χ1) is 12.3. The molecule has 1 N–H and O–H groups in total. The van der Waals surface area contributed by atoms with Crippen LogP contribution >= 0.6 is 24.8 Å². The molecule has 0 aliphatic carbocycles. The van der Waals surface area contributed by atoms with Crippen molar-refractivity contribution in [3.05, 3.63) is 35.9 Å². The summed E-state index contributed by atoms with van der Waals surface area (Å²) in [6.45, 7) is 7.27. The molecule has 4 rings (SSSR count). The number of carbonyl (C=O) groups is 1. The predicted molar refractivity (Wildman–Crippen MR) is 115 cm³/mol. The maximum absolute atomic E-state index is 13.1. The molecule has 0 saturated carbocycles. The number of carbonyl (C=O) groups excluding carboxylic acids is 1. The van der Waals surface area contributed by atoms with Crippen LogP contribution in [0.1, 0.15) is 31.2 Å². The molecular formula is C21H33Cl2N3O. The molecule has 1 unspecified atom stereocenters. The highest BCUT2D eigenvalue weighted by Gasteiger charge is 2.34. The monoisotopic (exact) mass is 413 g/mol. The minimum atomic E-state index is 0. The lowest BCUT2D eigenvalue weighted by Gasteiger charge is -2.35. The third kappa shape index (κ3) is 5.60. The molecule has 1 aromatic rings. The summed E-state index contributed by atoms with van der Waals surface area (Å²) in [7, 11) is 0. The zero-order chi connectivity index (χ0) is 17.1. The molecule has 3 aliphatic rings. The van der Waals surface area contributed by atoms with Crippen molar-refractivity contribution < 1.29 is 4.79 Å². The summed E-state index contributed by atoms with van der Waals surface area (Å²) in [6, 6.07) is 10.6. The summed E-state index contributed by atoms with van der Waals surface area (Å²) < 4.78 is 0. The Morgan fingerprint density at radius 3 is 2.30 bits per heavy atom. The van der Waals surface area contributed by atoms with Crippen LogP contribution in [0.4, 0.5) is 0 Å². The normalized spacial score (nSPS) is 28.4. The van der Waals surface area contributed by atoms with E-state index in [1.807, 2.05) is 0 Å². The Kier molecular flexibility index (Phi) is 8.87. The van der Waals surface area contributed by atoms with Gasteiger partial charge in [0.2, 0.25) is 5.91 Å². The van der Waals surface area contributed by atoms with Crippen molar-refractivity contribution in [2.45, 2.75) is 32.2 Å². The highest BCUT2D eigenvalue weighted by atomic mass is 35.5. The number of fused-ring (bicyclic) bond motifs is 1. The fraction of sp³-hybridized carbons (Fsp3) is 0.667. The molecule has 152 valence electrons. The Hall–Kier alpha value is -0.810. The van der Waals surface area contributed by atoms with Crippen LogP contribution < -0.4 is 5.32 Å². The van der Waals surface area contributed by atoms with Crippen molar-refractivity contribution in [2.75, 3.05) is 39.3 Å². The van der Waals surface area contributed by atoms with Gasteiger partial charge in [0.25, 0.3) is 0 Å². The van der Waals surface area contributed by atoms with Gasteiger partial charge in [0.15, 0.2) is 0 Å². The van der Waals surface area contributed by atoms with Gasteiger partial charge in [-0.3, -0.25) is 9.69 Å². The second kappa shape index (κ2) is 10.7. The lowest BCUT2D eigenvalue weighted by atomic mass is 9.92. The number of benzene rings is 1. The minimum Gasteiger partial charge on any atom is -0.342 e. The lowest BCUT2D eigenvalue weighted by Crippen LogP contribution is -2.45. The topological polar surface area (TPSA) is 35.6 Å². The van der Waals surface area contributed by atoms with Crippen LogP contribution in [0.15, 0.2) is 30.3 Å². The second-order valence-electron chi connectivity index (χ2n) is 8.14. The van der Waals surface area contributed by atoms with Gasteiger partial charge in [0.05, 0.1) is 5.92 Å². The quantitative estimate of drug-likeness (QED) is 0.825. The van der Waals surface area contributed by atoms with Crippen LogP contribution in [0, 0.1) is 17.8 Å². The average Bonchev–Trinajstić information content (AvgIpc) is 3.01. The van der Waals surface area contributed by atoms with Gasteiger partial charge in [-0.1, -0.05) is 30.3 Å². The van der Waals surface area contributed by atoms with Gasteiger partial charge in [0, 0.05) is 26.2 Å². The number of halogens is 2. The van der Waals surface area contributed by atoms with Gasteiger partial charge in [-0.15, -0.1) is 24.8 Å². The van der Waals surface area contributed by atoms with Gasteiger partial charge in [-0.25, -0.2) is 0 Å². The summed E-state index contributed by atoms with van der Waals surface area (Å²) in [6.07, 6.45) is 4.58. The van der Waals surface area contributed by atoms with Crippen LogP contribution in [0.5, 0.6) is 0 Å². The van der Waals surface area contributed by atoms with E-state index in [9.17, 15) is 4.79 Å². The molecule has 0 bridgehead atoms. The van der Waals surface area contributed by atoms with Crippen LogP contribution in [0.2, 0.25) is 0 Å². The molecule has 0 radical (unpaired) electrons. The fourth-order valence-electron chi connectivity index (χ4n) is 4.94. The Balaban J connectivity index is 0.00000131. The zero-order valence-electron chi connectivity index (χ0n) is 16.0. The Morgan fingerprint density at radius 1 is 0.963 bits per heavy atom. The van der Waals surface area contributed by atoms with E-state index in [0.717, 1.165) is 70.5 Å². The van der Waals surface area contributed by atoms with E-state index < -0.39 is 0 Å². The molecule has 3 fully saturated rings. The highest BCUT2D eigenvalue weighted by Crippen LogP contribution is 2.29. The third-order valence-electron chi connectivity index (χ3n) is 6.43. The highest BCUT2D eigenvalue weighted by molar-refractivity contribution is 5.85. The summed E-state index contributed by atoms with van der Waals surface area (Å²) in [5.74, 6) is 2.21. The van der Waals surface area contributed by atoms with E-state index in [1.165, 1.54) is 18.4 Å². The predicted octanol–water partition coefficient (Wildman–Crippen LogP) is 3.20. The molecule has 3 saturated heterocycles. The largest absolute Gasteiger partial charge is 0.342 e. The number of hydrogen-bond acceptors (Lipinski definition) is 3. The molecule has 0 aromatic heterocycles. The van der Waals surface area contributed by atoms with Crippen molar-refractivity contribution >= 4 is 30.7 Å². The molecular weight excluding hydrogens is 381 g/mol. The van der Waals surface area contributed by atoms with Gasteiger partial charge in [-0.2, -0.15) is 0 Å². The van der Waals surface area contributed by atoms with E-state index in [2.05, 4.69) is 45.4 Å². The lowest BCUT2D eigenvalue weighted by molar-refractivity contribution is -0.137. The molecule has 1 aromatic carbocycles. The number of rotatable bonds is 3. The summed E-state index contributed by atoms with van der Waals surface area (Å²) in [4.78, 5) is 17.8. The van der Waals surface area contributed by atoms with Crippen molar-refractivity contribution in [1.29, 1.82) is 0 Å². The molecule has 3 heterocycles. The van der Waals surface area contributed by atoms with Gasteiger partial charge >= 0.3 is 0 Å². The maximum atomic E-state index is 13.1. The molecule has 4 nitrogen and oxygen atoms in total. The standard InChI is InChI=1S/C21H31N3O.2ClH/c25-21(24-11-8-18-13-22-14-19(18)9-12-24)20-7-4-10-23(16-20)15-17-5-2-1-3-6-17;;/h1-3,5-6,18-20,22H,4,7-16H2;2*1H/t18-,19+,20?;;. The number of amides is 1. The van der Waals surface area contributed by atoms with Crippen LogP contribution in [0.25, 0.3) is 0 Å². The fourth-order valence-corrected chi connectivity index (χ4v) is 4.94. The molecule has 6 heteroatoms. The van der Waals surface area contributed by atoms with Crippen LogP contribution in [-0.2, 0) is 11.3 Å². The molecule has 27 heavy (non-hydrogen) atoms. The SMILES string of the molecule is Cl.Cl.O=C(C1CCCN(Cc2ccccc2)C1)N1CC[C@@H]2CNC[C@@H]2CC1. The van der Waals surface area contributed by atoms with E-state index >= 15 is 0 Å². The van der Waals surface area contributed by atoms with E-state index in [1.54, 1.807) is 0 Å². The number of piperidine rings is 1. The maximum Gasteiger partial charge on any atom is 0.226 e. The Bertz CT molecular complexity index is 572. The van der Waals surface area contributed by atoms with Crippen molar-refractivity contribution in [3.63, 3.8) is 0 Å².